The van der Waals surface area contributed by atoms with E-state index in [0.717, 1.165) is 48.0 Å². The van der Waals surface area contributed by atoms with Crippen LogP contribution in [0.1, 0.15) is 17.4 Å². The van der Waals surface area contributed by atoms with E-state index >= 15 is 0 Å². The van der Waals surface area contributed by atoms with Crippen LogP contribution in [0.2, 0.25) is 0 Å². The van der Waals surface area contributed by atoms with Crippen molar-refractivity contribution in [1.29, 1.82) is 0 Å². The summed E-state index contributed by atoms with van der Waals surface area (Å²) in [6, 6.07) is 16.3. The molecule has 0 aliphatic carbocycles. The van der Waals surface area contributed by atoms with Crippen LogP contribution in [0, 0.1) is 0 Å². The first-order chi connectivity index (χ1) is 14.6. The van der Waals surface area contributed by atoms with E-state index in [9.17, 15) is 0 Å². The molecule has 1 aliphatic heterocycles. The molecule has 4 rings (SSSR count). The van der Waals surface area contributed by atoms with E-state index < -0.39 is 0 Å². The van der Waals surface area contributed by atoms with E-state index in [4.69, 9.17) is 14.5 Å². The van der Waals surface area contributed by atoms with Crippen molar-refractivity contribution >= 4 is 5.82 Å². The Morgan fingerprint density at radius 2 is 2.00 bits per heavy atom. The van der Waals surface area contributed by atoms with Gasteiger partial charge in [0.25, 0.3) is 0 Å². The molecule has 1 fully saturated rings. The molecule has 0 saturated carbocycles. The molecule has 0 N–H and O–H groups in total. The van der Waals surface area contributed by atoms with E-state index in [2.05, 4.69) is 39.0 Å². The minimum atomic E-state index is -0.0300. The van der Waals surface area contributed by atoms with E-state index in [1.165, 1.54) is 5.56 Å². The largest absolute Gasteiger partial charge is 0.497 e. The Kier molecular flexibility index (Phi) is 6.26. The molecule has 3 aromatic rings. The molecule has 1 aliphatic rings. The number of methoxy groups -OCH3 is 1. The quantitative estimate of drug-likeness (QED) is 0.623. The Morgan fingerprint density at radius 3 is 2.77 bits per heavy atom. The number of anilines is 1. The zero-order valence-corrected chi connectivity index (χ0v) is 17.8. The van der Waals surface area contributed by atoms with Gasteiger partial charge in [-0.15, -0.1) is 0 Å². The average Bonchev–Trinajstić information content (AvgIpc) is 2.79. The molecule has 1 aromatic carbocycles. The molecule has 0 radical (unpaired) electrons. The number of ether oxygens (including phenoxy) is 2. The molecule has 0 amide bonds. The van der Waals surface area contributed by atoms with E-state index in [1.54, 1.807) is 7.11 Å². The van der Waals surface area contributed by atoms with E-state index in [-0.39, 0.29) is 6.10 Å². The maximum atomic E-state index is 6.04. The maximum Gasteiger partial charge on any atom is 0.132 e. The van der Waals surface area contributed by atoms with Crippen molar-refractivity contribution in [3.05, 3.63) is 72.2 Å². The van der Waals surface area contributed by atoms with Gasteiger partial charge in [-0.05, 0) is 29.8 Å². The zero-order valence-electron chi connectivity index (χ0n) is 17.8. The lowest BCUT2D eigenvalue weighted by molar-refractivity contribution is -0.0349. The second-order valence-electron chi connectivity index (χ2n) is 7.68. The summed E-state index contributed by atoms with van der Waals surface area (Å²) in [6.07, 6.45) is 3.73. The van der Waals surface area contributed by atoms with Crippen LogP contribution in [-0.2, 0) is 11.3 Å². The number of nitrogens with zero attached hydrogens (tertiary/aromatic N) is 4. The molecular weight excluding hydrogens is 376 g/mol. The summed E-state index contributed by atoms with van der Waals surface area (Å²) in [4.78, 5) is 13.7. The molecule has 0 bridgehead atoms. The molecule has 6 heteroatoms. The van der Waals surface area contributed by atoms with Gasteiger partial charge in [0.05, 0.1) is 19.4 Å². The smallest absolute Gasteiger partial charge is 0.132 e. The highest BCUT2D eigenvalue weighted by Gasteiger charge is 2.24. The van der Waals surface area contributed by atoms with Crippen molar-refractivity contribution in [1.82, 2.24) is 14.9 Å². The average molecular weight is 405 g/mol. The Morgan fingerprint density at radius 1 is 1.10 bits per heavy atom. The Balaban J connectivity index is 1.46. The molecule has 2 aromatic heterocycles. The van der Waals surface area contributed by atoms with Gasteiger partial charge in [0.2, 0.25) is 0 Å². The number of benzene rings is 1. The Hall–Kier alpha value is -2.96. The third kappa shape index (κ3) is 4.61. The number of hydrogen-bond donors (Lipinski definition) is 0. The van der Waals surface area contributed by atoms with Gasteiger partial charge in [-0.25, -0.2) is 4.98 Å². The predicted molar refractivity (Wildman–Crippen MR) is 119 cm³/mol. The molecule has 6 nitrogen and oxygen atoms in total. The monoisotopic (exact) mass is 404 g/mol. The van der Waals surface area contributed by atoms with Crippen LogP contribution in [0.5, 0.6) is 5.75 Å². The topological polar surface area (TPSA) is 50.7 Å². The van der Waals surface area contributed by atoms with Crippen LogP contribution in [0.25, 0.3) is 11.1 Å². The molecule has 0 unspecified atom stereocenters. The fourth-order valence-corrected chi connectivity index (χ4v) is 3.79. The first kappa shape index (κ1) is 20.3. The summed E-state index contributed by atoms with van der Waals surface area (Å²) in [6.45, 7) is 3.26. The SMILES string of the molecule is COc1cccc(-c2ccc([C@@H]3CN(Cc4cccnc4N(C)C)CCO3)nc2)c1. The highest BCUT2D eigenvalue weighted by molar-refractivity contribution is 5.64. The third-order valence-corrected chi connectivity index (χ3v) is 5.35. The van der Waals surface area contributed by atoms with Gasteiger partial charge in [0.1, 0.15) is 17.7 Å². The molecule has 30 heavy (non-hydrogen) atoms. The van der Waals surface area contributed by atoms with Gasteiger partial charge in [-0.2, -0.15) is 0 Å². The molecule has 156 valence electrons. The summed E-state index contributed by atoms with van der Waals surface area (Å²) < 4.78 is 11.4. The highest BCUT2D eigenvalue weighted by atomic mass is 16.5. The Bertz CT molecular complexity index is 975. The van der Waals surface area contributed by atoms with E-state index in [0.29, 0.717) is 6.61 Å². The molecule has 3 heterocycles. The van der Waals surface area contributed by atoms with Crippen molar-refractivity contribution < 1.29 is 9.47 Å². The molecule has 1 atom stereocenters. The van der Waals surface area contributed by atoms with Crippen LogP contribution in [-0.4, -0.2) is 55.8 Å². The van der Waals surface area contributed by atoms with E-state index in [1.807, 2.05) is 50.8 Å². The van der Waals surface area contributed by atoms with Crippen molar-refractivity contribution in [2.75, 3.05) is 45.8 Å². The second kappa shape index (κ2) is 9.24. The van der Waals surface area contributed by atoms with Gasteiger partial charge in [0, 0.05) is 57.3 Å². The van der Waals surface area contributed by atoms with Crippen molar-refractivity contribution in [2.24, 2.45) is 0 Å². The minimum Gasteiger partial charge on any atom is -0.497 e. The van der Waals surface area contributed by atoms with Gasteiger partial charge in [-0.1, -0.05) is 24.3 Å². The number of pyridine rings is 2. The fraction of sp³-hybridized carbons (Fsp3) is 0.333. The second-order valence-corrected chi connectivity index (χ2v) is 7.68. The van der Waals surface area contributed by atoms with Gasteiger partial charge >= 0.3 is 0 Å². The summed E-state index contributed by atoms with van der Waals surface area (Å²) in [5.41, 5.74) is 4.35. The lowest BCUT2D eigenvalue weighted by atomic mass is 10.1. The first-order valence-corrected chi connectivity index (χ1v) is 10.2. The molecule has 1 saturated heterocycles. The Labute approximate surface area is 178 Å². The van der Waals surface area contributed by atoms with Crippen LogP contribution in [0.4, 0.5) is 5.82 Å². The maximum absolute atomic E-state index is 6.04. The van der Waals surface area contributed by atoms with Crippen LogP contribution < -0.4 is 9.64 Å². The third-order valence-electron chi connectivity index (χ3n) is 5.35. The number of aromatic nitrogens is 2. The van der Waals surface area contributed by atoms with Crippen LogP contribution >= 0.6 is 0 Å². The van der Waals surface area contributed by atoms with Gasteiger partial charge < -0.3 is 14.4 Å². The number of hydrogen-bond acceptors (Lipinski definition) is 6. The normalized spacial score (nSPS) is 17.0. The van der Waals surface area contributed by atoms with Crippen LogP contribution in [0.15, 0.2) is 60.9 Å². The number of morpholine rings is 1. The zero-order chi connectivity index (χ0) is 20.9. The summed E-state index contributed by atoms with van der Waals surface area (Å²) in [7, 11) is 5.74. The minimum absolute atomic E-state index is 0.0300. The first-order valence-electron chi connectivity index (χ1n) is 10.2. The lowest BCUT2D eigenvalue weighted by Crippen LogP contribution is -2.38. The standard InChI is InChI=1S/C24H28N4O2/c1-27(2)24-20(7-5-11-25-24)16-28-12-13-30-23(17-28)22-10-9-19(15-26-22)18-6-4-8-21(14-18)29-3/h4-11,14-15,23H,12-13,16-17H2,1-3H3/t23-/m0/s1. The van der Waals surface area contributed by atoms with Crippen molar-refractivity contribution in [3.63, 3.8) is 0 Å². The summed E-state index contributed by atoms with van der Waals surface area (Å²) in [5.74, 6) is 1.86. The van der Waals surface area contributed by atoms with Gasteiger partial charge in [0.15, 0.2) is 0 Å². The van der Waals surface area contributed by atoms with Crippen LogP contribution in [0.3, 0.4) is 0 Å². The summed E-state index contributed by atoms with van der Waals surface area (Å²) in [5, 5.41) is 0. The summed E-state index contributed by atoms with van der Waals surface area (Å²) >= 11 is 0. The lowest BCUT2D eigenvalue weighted by Gasteiger charge is -2.33. The van der Waals surface area contributed by atoms with Crippen molar-refractivity contribution in [2.45, 2.75) is 12.6 Å². The number of rotatable bonds is 6. The highest BCUT2D eigenvalue weighted by Crippen LogP contribution is 2.27. The predicted octanol–water partition coefficient (Wildman–Crippen LogP) is 3.79. The van der Waals surface area contributed by atoms with Gasteiger partial charge in [-0.3, -0.25) is 9.88 Å². The molecular formula is C24H28N4O2. The van der Waals surface area contributed by atoms with Crippen molar-refractivity contribution in [3.8, 4) is 16.9 Å². The molecule has 0 spiro atoms. The fourth-order valence-electron chi connectivity index (χ4n) is 3.79.